The van der Waals surface area contributed by atoms with Crippen LogP contribution in [0.4, 0.5) is 0 Å². The number of rotatable bonds is 6. The second kappa shape index (κ2) is 9.39. The minimum atomic E-state index is -3.29. The topological polar surface area (TPSA) is 55.2 Å². The minimum Gasteiger partial charge on any atom is -0.363 e. The van der Waals surface area contributed by atoms with Crippen molar-refractivity contribution in [2.24, 2.45) is 0 Å². The normalized spacial score (nSPS) is 13.9. The van der Waals surface area contributed by atoms with Crippen molar-refractivity contribution in [3.63, 3.8) is 0 Å². The molecule has 0 N–H and O–H groups in total. The maximum atomic E-state index is 12.1. The summed E-state index contributed by atoms with van der Waals surface area (Å²) in [6, 6.07) is 20.9. The molecule has 0 spiro atoms. The van der Waals surface area contributed by atoms with Gasteiger partial charge in [0.15, 0.2) is 9.84 Å². The Kier molecular flexibility index (Phi) is 6.41. The number of aromatic nitrogens is 2. The molecule has 8 heteroatoms. The molecule has 0 saturated carbocycles. The molecule has 184 valence electrons. The lowest BCUT2D eigenvalue weighted by molar-refractivity contribution is 0.197. The summed E-state index contributed by atoms with van der Waals surface area (Å²) in [5.74, 6) is 0. The molecular weight excluding hydrogens is 510 g/mol. The smallest absolute Gasteiger partial charge is 0.175 e. The van der Waals surface area contributed by atoms with Gasteiger partial charge in [0.1, 0.15) is 0 Å². The van der Waals surface area contributed by atoms with Gasteiger partial charge in [-0.25, -0.2) is 13.1 Å². The third kappa shape index (κ3) is 4.66. The van der Waals surface area contributed by atoms with Gasteiger partial charge < -0.3 is 4.90 Å². The first-order valence-electron chi connectivity index (χ1n) is 11.5. The Bertz CT molecular complexity index is 1600. The van der Waals surface area contributed by atoms with Crippen LogP contribution in [0.3, 0.4) is 0 Å². The number of thiophene rings is 1. The zero-order valence-electron chi connectivity index (χ0n) is 20.2. The molecule has 0 unspecified atom stereocenters. The Balaban J connectivity index is 1.62. The van der Waals surface area contributed by atoms with Crippen LogP contribution in [0.1, 0.15) is 19.5 Å². The summed E-state index contributed by atoms with van der Waals surface area (Å²) in [4.78, 5) is 4.56. The molecule has 0 atom stereocenters. The molecule has 36 heavy (non-hydrogen) atoms. The summed E-state index contributed by atoms with van der Waals surface area (Å²) < 4.78 is 26.0. The Morgan fingerprint density at radius 3 is 2.47 bits per heavy atom. The van der Waals surface area contributed by atoms with Crippen molar-refractivity contribution in [1.29, 1.82) is 0 Å². The second-order valence-electron chi connectivity index (χ2n) is 9.22. The zero-order chi connectivity index (χ0) is 25.5. The van der Waals surface area contributed by atoms with Gasteiger partial charge >= 0.3 is 0 Å². The molecule has 0 amide bonds. The van der Waals surface area contributed by atoms with Crippen molar-refractivity contribution in [1.82, 2.24) is 14.7 Å². The summed E-state index contributed by atoms with van der Waals surface area (Å²) in [6.45, 7) is 5.13. The van der Waals surface area contributed by atoms with E-state index < -0.39 is 9.84 Å². The molecule has 0 radical (unpaired) electrons. The van der Waals surface area contributed by atoms with Gasteiger partial charge in [-0.2, -0.15) is 5.10 Å². The molecule has 0 fully saturated rings. The number of para-hydroxylation sites is 1. The zero-order valence-corrected chi connectivity index (χ0v) is 22.6. The summed E-state index contributed by atoms with van der Waals surface area (Å²) in [6.07, 6.45) is 9.53. The molecule has 0 aliphatic carbocycles. The average Bonchev–Trinajstić information content (AvgIpc) is 3.53. The Morgan fingerprint density at radius 2 is 1.75 bits per heavy atom. The van der Waals surface area contributed by atoms with E-state index in [4.69, 9.17) is 16.7 Å². The fourth-order valence-corrected chi connectivity index (χ4v) is 6.09. The Morgan fingerprint density at radius 1 is 0.972 bits per heavy atom. The highest BCUT2D eigenvalue weighted by atomic mass is 35.5. The van der Waals surface area contributed by atoms with Crippen LogP contribution in [0, 0.1) is 0 Å². The lowest BCUT2D eigenvalue weighted by atomic mass is 9.97. The maximum absolute atomic E-state index is 12.1. The van der Waals surface area contributed by atoms with Crippen LogP contribution in [0.5, 0.6) is 0 Å². The fraction of sp³-hybridized carbons (Fsp3) is 0.179. The molecule has 2 aromatic heterocycles. The van der Waals surface area contributed by atoms with Crippen molar-refractivity contribution in [2.75, 3.05) is 12.8 Å². The van der Waals surface area contributed by atoms with Crippen LogP contribution < -0.4 is 0 Å². The van der Waals surface area contributed by atoms with Crippen molar-refractivity contribution in [2.45, 2.75) is 24.3 Å². The minimum absolute atomic E-state index is 0.309. The number of nitrogens with zero attached hydrogens (tertiary/aromatic N) is 3. The molecule has 1 aliphatic rings. The Hall–Kier alpha value is -3.13. The van der Waals surface area contributed by atoms with Gasteiger partial charge in [0.2, 0.25) is 0 Å². The molecule has 1 aliphatic heterocycles. The number of benzene rings is 2. The molecule has 4 aromatic rings. The number of halogens is 1. The first-order valence-corrected chi connectivity index (χ1v) is 14.6. The summed E-state index contributed by atoms with van der Waals surface area (Å²) in [7, 11) is -3.29. The van der Waals surface area contributed by atoms with Crippen molar-refractivity contribution >= 4 is 32.8 Å². The van der Waals surface area contributed by atoms with E-state index in [1.165, 1.54) is 6.26 Å². The van der Waals surface area contributed by atoms with Gasteiger partial charge in [0, 0.05) is 23.9 Å². The van der Waals surface area contributed by atoms with Gasteiger partial charge in [-0.15, -0.1) is 11.3 Å². The molecule has 2 aromatic carbocycles. The van der Waals surface area contributed by atoms with Crippen LogP contribution in [-0.4, -0.2) is 35.9 Å². The van der Waals surface area contributed by atoms with E-state index in [1.807, 2.05) is 53.2 Å². The SMILES string of the molecule is CC(C)(c1cc(-c2ccc(-c3cccc(S(C)(=O)=O)c3)s2)n(-c2ccccc2Cl)n1)N1C=CC=CC1. The fourth-order valence-electron chi connectivity index (χ4n) is 4.20. The Labute approximate surface area is 220 Å². The van der Waals surface area contributed by atoms with E-state index in [0.29, 0.717) is 9.92 Å². The van der Waals surface area contributed by atoms with Crippen molar-refractivity contribution in [3.05, 3.63) is 102 Å². The van der Waals surface area contributed by atoms with E-state index in [-0.39, 0.29) is 5.54 Å². The van der Waals surface area contributed by atoms with E-state index in [9.17, 15) is 8.42 Å². The third-order valence-electron chi connectivity index (χ3n) is 6.36. The van der Waals surface area contributed by atoms with Gasteiger partial charge in [-0.3, -0.25) is 0 Å². The van der Waals surface area contributed by atoms with E-state index in [1.54, 1.807) is 29.5 Å². The number of hydrogen-bond acceptors (Lipinski definition) is 5. The summed E-state index contributed by atoms with van der Waals surface area (Å²) >= 11 is 8.20. The molecule has 5 nitrogen and oxygen atoms in total. The van der Waals surface area contributed by atoms with Gasteiger partial charge in [0.25, 0.3) is 0 Å². The average molecular weight is 536 g/mol. The van der Waals surface area contributed by atoms with Crippen molar-refractivity contribution < 1.29 is 8.42 Å². The molecule has 0 bridgehead atoms. The lowest BCUT2D eigenvalue weighted by Crippen LogP contribution is -2.39. The first-order chi connectivity index (χ1) is 17.1. The van der Waals surface area contributed by atoms with Crippen LogP contribution >= 0.6 is 22.9 Å². The molecule has 3 heterocycles. The molecule has 5 rings (SSSR count). The number of hydrogen-bond donors (Lipinski definition) is 0. The summed E-state index contributed by atoms with van der Waals surface area (Å²) in [5.41, 5.74) is 3.17. The van der Waals surface area contributed by atoms with Crippen LogP contribution in [-0.2, 0) is 15.4 Å². The predicted molar refractivity (Wildman–Crippen MR) is 148 cm³/mol. The van der Waals surface area contributed by atoms with Crippen molar-refractivity contribution in [3.8, 4) is 26.7 Å². The monoisotopic (exact) mass is 535 g/mol. The maximum Gasteiger partial charge on any atom is 0.175 e. The molecular formula is C28H26ClN3O2S2. The van der Waals surface area contributed by atoms with Gasteiger partial charge in [-0.05, 0) is 68.0 Å². The highest BCUT2D eigenvalue weighted by Gasteiger charge is 2.31. The highest BCUT2D eigenvalue weighted by Crippen LogP contribution is 2.39. The van der Waals surface area contributed by atoms with Crippen LogP contribution in [0.2, 0.25) is 5.02 Å². The van der Waals surface area contributed by atoms with E-state index in [0.717, 1.165) is 38.9 Å². The lowest BCUT2D eigenvalue weighted by Gasteiger charge is -2.36. The standard InChI is InChI=1S/C28H26ClN3O2S2/c1-28(2,31-16-7-4-8-17-31)27-19-24(32(30-27)23-13-6-5-12-22(23)29)26-15-14-25(35-26)20-10-9-11-21(18-20)36(3,33)34/h4-16,18-19H,17H2,1-3H3. The number of allylic oxidation sites excluding steroid dienone is 2. The van der Waals surface area contributed by atoms with Gasteiger partial charge in [-0.1, -0.05) is 48.0 Å². The highest BCUT2D eigenvalue weighted by molar-refractivity contribution is 7.90. The summed E-state index contributed by atoms with van der Waals surface area (Å²) in [5, 5.41) is 5.67. The first kappa shape index (κ1) is 24.6. The number of sulfone groups is 1. The largest absolute Gasteiger partial charge is 0.363 e. The quantitative estimate of drug-likeness (QED) is 0.268. The molecule has 0 saturated heterocycles. The van der Waals surface area contributed by atoms with E-state index >= 15 is 0 Å². The predicted octanol–water partition coefficient (Wildman–Crippen LogP) is 6.95. The second-order valence-corrected chi connectivity index (χ2v) is 12.7. The third-order valence-corrected chi connectivity index (χ3v) is 8.94. The van der Waals surface area contributed by atoms with Crippen LogP contribution in [0.15, 0.2) is 96.1 Å². The van der Waals surface area contributed by atoms with Crippen LogP contribution in [0.25, 0.3) is 26.7 Å². The van der Waals surface area contributed by atoms with E-state index in [2.05, 4.69) is 43.2 Å². The van der Waals surface area contributed by atoms with Gasteiger partial charge in [0.05, 0.1) is 37.4 Å².